The molecule has 0 aliphatic rings. The fourth-order valence-corrected chi connectivity index (χ4v) is 2.67. The molecule has 1 rings (SSSR count). The van der Waals surface area contributed by atoms with E-state index in [0.29, 0.717) is 11.4 Å². The summed E-state index contributed by atoms with van der Waals surface area (Å²) in [4.78, 5) is 11.5. The number of hydrogen-bond donors (Lipinski definition) is 2. The Morgan fingerprint density at radius 3 is 2.45 bits per heavy atom. The number of hydrogen-bond acceptors (Lipinski definition) is 3. The molecule has 0 heterocycles. The SMILES string of the molecule is CCCCC(=O)NCCNS(=O)(=O)c1ccc(Cl)cc1. The van der Waals surface area contributed by atoms with Crippen molar-refractivity contribution in [3.8, 4) is 0 Å². The van der Waals surface area contributed by atoms with Crippen LogP contribution in [0.4, 0.5) is 0 Å². The summed E-state index contributed by atoms with van der Waals surface area (Å²) in [5, 5.41) is 3.14. The van der Waals surface area contributed by atoms with Crippen molar-refractivity contribution in [1.29, 1.82) is 0 Å². The topological polar surface area (TPSA) is 75.3 Å². The molecule has 7 heteroatoms. The first-order chi connectivity index (χ1) is 9.45. The maximum atomic E-state index is 11.9. The van der Waals surface area contributed by atoms with Crippen molar-refractivity contribution in [2.24, 2.45) is 0 Å². The quantitative estimate of drug-likeness (QED) is 0.719. The van der Waals surface area contributed by atoms with Crippen LogP contribution in [0.15, 0.2) is 29.2 Å². The second-order valence-corrected chi connectivity index (χ2v) is 6.51. The normalized spacial score (nSPS) is 11.3. The van der Waals surface area contributed by atoms with E-state index in [2.05, 4.69) is 10.0 Å². The van der Waals surface area contributed by atoms with Gasteiger partial charge in [0.25, 0.3) is 0 Å². The first kappa shape index (κ1) is 16.9. The van der Waals surface area contributed by atoms with Gasteiger partial charge in [-0.1, -0.05) is 24.9 Å². The van der Waals surface area contributed by atoms with Crippen LogP contribution in [-0.2, 0) is 14.8 Å². The van der Waals surface area contributed by atoms with E-state index < -0.39 is 10.0 Å². The van der Waals surface area contributed by atoms with Gasteiger partial charge in [-0.05, 0) is 30.7 Å². The van der Waals surface area contributed by atoms with Gasteiger partial charge in [0.15, 0.2) is 0 Å². The molecule has 0 aliphatic carbocycles. The van der Waals surface area contributed by atoms with Crippen molar-refractivity contribution < 1.29 is 13.2 Å². The van der Waals surface area contributed by atoms with Crippen molar-refractivity contribution in [1.82, 2.24) is 10.0 Å². The van der Waals surface area contributed by atoms with Crippen LogP contribution in [-0.4, -0.2) is 27.4 Å². The van der Waals surface area contributed by atoms with Crippen LogP contribution in [0.3, 0.4) is 0 Å². The molecule has 0 saturated heterocycles. The number of carbonyl (C=O) groups is 1. The number of carbonyl (C=O) groups excluding carboxylic acids is 1. The van der Waals surface area contributed by atoms with E-state index in [0.717, 1.165) is 12.8 Å². The minimum atomic E-state index is -3.55. The zero-order valence-corrected chi connectivity index (χ0v) is 12.9. The van der Waals surface area contributed by atoms with Gasteiger partial charge in [-0.15, -0.1) is 0 Å². The number of rotatable bonds is 8. The summed E-state index contributed by atoms with van der Waals surface area (Å²) in [5.74, 6) is -0.0578. The molecule has 2 N–H and O–H groups in total. The number of nitrogens with one attached hydrogen (secondary N) is 2. The van der Waals surface area contributed by atoms with Crippen LogP contribution in [0.2, 0.25) is 5.02 Å². The molecule has 0 radical (unpaired) electrons. The van der Waals surface area contributed by atoms with Crippen LogP contribution in [0.25, 0.3) is 0 Å². The summed E-state index contributed by atoms with van der Waals surface area (Å²) in [6.07, 6.45) is 2.26. The molecule has 0 fully saturated rings. The first-order valence-electron chi connectivity index (χ1n) is 6.47. The van der Waals surface area contributed by atoms with Crippen molar-refractivity contribution in [2.45, 2.75) is 31.1 Å². The van der Waals surface area contributed by atoms with E-state index in [1.54, 1.807) is 0 Å². The fraction of sp³-hybridized carbons (Fsp3) is 0.462. The molecule has 0 aromatic heterocycles. The van der Waals surface area contributed by atoms with Gasteiger partial charge in [0.2, 0.25) is 15.9 Å². The standard InChI is InChI=1S/C13H19ClN2O3S/c1-2-3-4-13(17)15-9-10-16-20(18,19)12-7-5-11(14)6-8-12/h5-8,16H,2-4,9-10H2,1H3,(H,15,17). The van der Waals surface area contributed by atoms with E-state index in [4.69, 9.17) is 11.6 Å². The van der Waals surface area contributed by atoms with E-state index in [-0.39, 0.29) is 23.9 Å². The van der Waals surface area contributed by atoms with E-state index >= 15 is 0 Å². The second kappa shape index (κ2) is 8.24. The second-order valence-electron chi connectivity index (χ2n) is 4.31. The summed E-state index contributed by atoms with van der Waals surface area (Å²) in [6, 6.07) is 5.90. The van der Waals surface area contributed by atoms with Crippen LogP contribution in [0.5, 0.6) is 0 Å². The average Bonchev–Trinajstić information content (AvgIpc) is 2.42. The van der Waals surface area contributed by atoms with Gasteiger partial charge in [0.1, 0.15) is 0 Å². The summed E-state index contributed by atoms with van der Waals surface area (Å²) in [6.45, 7) is 2.44. The Kier molecular flexibility index (Phi) is 6.98. The van der Waals surface area contributed by atoms with E-state index in [1.807, 2.05) is 6.92 Å². The Hall–Kier alpha value is -1.11. The van der Waals surface area contributed by atoms with Gasteiger partial charge in [0.05, 0.1) is 4.90 Å². The number of benzene rings is 1. The molecule has 20 heavy (non-hydrogen) atoms. The first-order valence-corrected chi connectivity index (χ1v) is 8.33. The van der Waals surface area contributed by atoms with Gasteiger partial charge < -0.3 is 5.32 Å². The predicted octanol–water partition coefficient (Wildman–Crippen LogP) is 1.92. The van der Waals surface area contributed by atoms with Gasteiger partial charge in [-0.3, -0.25) is 4.79 Å². The number of unbranched alkanes of at least 4 members (excludes halogenated alkanes) is 1. The number of sulfonamides is 1. The number of amides is 1. The minimum Gasteiger partial charge on any atom is -0.355 e. The molecular weight excluding hydrogens is 300 g/mol. The Balaban J connectivity index is 2.37. The maximum Gasteiger partial charge on any atom is 0.240 e. The van der Waals surface area contributed by atoms with Crippen LogP contribution in [0.1, 0.15) is 26.2 Å². The highest BCUT2D eigenvalue weighted by molar-refractivity contribution is 7.89. The lowest BCUT2D eigenvalue weighted by Crippen LogP contribution is -2.34. The third kappa shape index (κ3) is 5.90. The molecule has 0 bridgehead atoms. The minimum absolute atomic E-state index is 0.0578. The third-order valence-corrected chi connectivity index (χ3v) is 4.35. The molecule has 1 aromatic rings. The Labute approximate surface area is 124 Å². The zero-order valence-electron chi connectivity index (χ0n) is 11.4. The maximum absolute atomic E-state index is 11.9. The molecule has 0 unspecified atom stereocenters. The van der Waals surface area contributed by atoms with Crippen LogP contribution < -0.4 is 10.0 Å². The molecule has 1 aromatic carbocycles. The van der Waals surface area contributed by atoms with E-state index in [1.165, 1.54) is 24.3 Å². The molecule has 0 atom stereocenters. The van der Waals surface area contributed by atoms with Gasteiger partial charge >= 0.3 is 0 Å². The van der Waals surface area contributed by atoms with Crippen molar-refractivity contribution in [3.63, 3.8) is 0 Å². The zero-order chi connectivity index (χ0) is 15.0. The Bertz CT molecular complexity index is 529. The van der Waals surface area contributed by atoms with Crippen molar-refractivity contribution in [2.75, 3.05) is 13.1 Å². The van der Waals surface area contributed by atoms with Crippen LogP contribution >= 0.6 is 11.6 Å². The largest absolute Gasteiger partial charge is 0.355 e. The smallest absolute Gasteiger partial charge is 0.240 e. The monoisotopic (exact) mass is 318 g/mol. The molecule has 112 valence electrons. The molecular formula is C13H19ClN2O3S. The van der Waals surface area contributed by atoms with Crippen molar-refractivity contribution >= 4 is 27.5 Å². The summed E-state index contributed by atoms with van der Waals surface area (Å²) in [7, 11) is -3.55. The highest BCUT2D eigenvalue weighted by atomic mass is 35.5. The Morgan fingerprint density at radius 1 is 1.20 bits per heavy atom. The summed E-state index contributed by atoms with van der Waals surface area (Å²) >= 11 is 5.70. The molecule has 0 aliphatic heterocycles. The average molecular weight is 319 g/mol. The lowest BCUT2D eigenvalue weighted by atomic mass is 10.2. The van der Waals surface area contributed by atoms with E-state index in [9.17, 15) is 13.2 Å². The van der Waals surface area contributed by atoms with Crippen molar-refractivity contribution in [3.05, 3.63) is 29.3 Å². The van der Waals surface area contributed by atoms with Crippen LogP contribution in [0, 0.1) is 0 Å². The Morgan fingerprint density at radius 2 is 1.85 bits per heavy atom. The highest BCUT2D eigenvalue weighted by Crippen LogP contribution is 2.13. The van der Waals surface area contributed by atoms with Gasteiger partial charge in [0, 0.05) is 24.5 Å². The van der Waals surface area contributed by atoms with Gasteiger partial charge in [-0.25, -0.2) is 13.1 Å². The summed E-state index contributed by atoms with van der Waals surface area (Å²) in [5.41, 5.74) is 0. The highest BCUT2D eigenvalue weighted by Gasteiger charge is 2.12. The molecule has 0 spiro atoms. The molecule has 0 saturated carbocycles. The third-order valence-electron chi connectivity index (χ3n) is 2.62. The lowest BCUT2D eigenvalue weighted by Gasteiger charge is -2.08. The molecule has 1 amide bonds. The lowest BCUT2D eigenvalue weighted by molar-refractivity contribution is -0.121. The summed E-state index contributed by atoms with van der Waals surface area (Å²) < 4.78 is 26.2. The molecule has 5 nitrogen and oxygen atoms in total. The van der Waals surface area contributed by atoms with Gasteiger partial charge in [-0.2, -0.15) is 0 Å². The number of halogens is 1. The fourth-order valence-electron chi connectivity index (χ4n) is 1.51. The predicted molar refractivity (Wildman–Crippen MR) is 79.2 cm³/mol.